The maximum atomic E-state index is 13.5. The van der Waals surface area contributed by atoms with Crippen molar-refractivity contribution in [3.8, 4) is 0 Å². The van der Waals surface area contributed by atoms with E-state index in [2.05, 4.69) is 25.7 Å². The molecule has 1 atom stereocenters. The number of aryl methyl sites for hydroxylation is 1. The van der Waals surface area contributed by atoms with Crippen LogP contribution >= 0.6 is 0 Å². The molecule has 0 unspecified atom stereocenters. The topological polar surface area (TPSA) is 139 Å². The van der Waals surface area contributed by atoms with Crippen LogP contribution in [0, 0.1) is 12.7 Å². The second-order valence-corrected chi connectivity index (χ2v) is 7.89. The third kappa shape index (κ3) is 5.13. The Kier molecular flexibility index (Phi) is 6.49. The number of nitrogens with zero attached hydrogens (tertiary/aromatic N) is 4. The van der Waals surface area contributed by atoms with Crippen LogP contribution in [-0.4, -0.2) is 42.5 Å². The molecule has 0 aliphatic carbocycles. The molecule has 35 heavy (non-hydrogen) atoms. The molecule has 2 aromatic carbocycles. The number of halogens is 1. The lowest BCUT2D eigenvalue weighted by atomic mass is 10.1. The Balaban J connectivity index is 1.53. The van der Waals surface area contributed by atoms with Gasteiger partial charge in [-0.2, -0.15) is 14.6 Å². The molecule has 2 amide bonds. The van der Waals surface area contributed by atoms with Gasteiger partial charge in [-0.1, -0.05) is 24.3 Å². The van der Waals surface area contributed by atoms with Gasteiger partial charge < -0.3 is 15.7 Å². The summed E-state index contributed by atoms with van der Waals surface area (Å²) in [5, 5.41) is 18.6. The molecule has 0 saturated carbocycles. The van der Waals surface area contributed by atoms with Crippen LogP contribution in [0.15, 0.2) is 54.9 Å². The number of carbonyl (C=O) groups excluding carboxylic acids is 2. The van der Waals surface area contributed by atoms with E-state index in [9.17, 15) is 18.8 Å². The summed E-state index contributed by atoms with van der Waals surface area (Å²) in [6.45, 7) is 3.52. The fraction of sp³-hybridized carbons (Fsp3) is 0.167. The maximum absolute atomic E-state index is 13.5. The van der Waals surface area contributed by atoms with E-state index < -0.39 is 23.8 Å². The molecule has 4 aromatic rings. The monoisotopic (exact) mass is 476 g/mol. The molecule has 178 valence electrons. The molecule has 3 N–H and O–H groups in total. The second-order valence-electron chi connectivity index (χ2n) is 7.89. The number of hydrogen-bond acceptors (Lipinski definition) is 6. The Morgan fingerprint density at radius 2 is 1.83 bits per heavy atom. The zero-order valence-corrected chi connectivity index (χ0v) is 18.8. The Bertz CT molecular complexity index is 1430. The smallest absolute Gasteiger partial charge is 0.335 e. The third-order valence-electron chi connectivity index (χ3n) is 5.40. The SMILES string of the molecule is Cc1cc(CNC(=O)c2cc(C(=O)N[C@@H](C)c3ccc(C(=O)O)cc3)n3ncnc3n2)ccc1F. The van der Waals surface area contributed by atoms with E-state index in [4.69, 9.17) is 5.11 Å². The predicted octanol–water partition coefficient (Wildman–Crippen LogP) is 2.69. The minimum atomic E-state index is -1.04. The highest BCUT2D eigenvalue weighted by molar-refractivity contribution is 5.98. The molecular formula is C24H21FN6O4. The van der Waals surface area contributed by atoms with Gasteiger partial charge in [0.25, 0.3) is 17.6 Å². The van der Waals surface area contributed by atoms with Crippen molar-refractivity contribution < 1.29 is 23.9 Å². The van der Waals surface area contributed by atoms with Crippen molar-refractivity contribution in [3.63, 3.8) is 0 Å². The van der Waals surface area contributed by atoms with Crippen LogP contribution in [0.1, 0.15) is 61.0 Å². The number of rotatable bonds is 7. The van der Waals surface area contributed by atoms with E-state index in [1.807, 2.05) is 0 Å². The summed E-state index contributed by atoms with van der Waals surface area (Å²) >= 11 is 0. The lowest BCUT2D eigenvalue weighted by Crippen LogP contribution is -2.30. The lowest BCUT2D eigenvalue weighted by molar-refractivity contribution is 0.0696. The first-order valence-electron chi connectivity index (χ1n) is 10.6. The fourth-order valence-electron chi connectivity index (χ4n) is 3.45. The van der Waals surface area contributed by atoms with Gasteiger partial charge in [0.05, 0.1) is 11.6 Å². The van der Waals surface area contributed by atoms with Gasteiger partial charge in [0.2, 0.25) is 0 Å². The molecule has 0 radical (unpaired) electrons. The van der Waals surface area contributed by atoms with Gasteiger partial charge >= 0.3 is 5.97 Å². The van der Waals surface area contributed by atoms with Gasteiger partial charge in [-0.15, -0.1) is 0 Å². The van der Waals surface area contributed by atoms with Gasteiger partial charge in [0.1, 0.15) is 23.5 Å². The first-order chi connectivity index (χ1) is 16.7. The Morgan fingerprint density at radius 1 is 1.09 bits per heavy atom. The number of carbonyl (C=O) groups is 3. The highest BCUT2D eigenvalue weighted by atomic mass is 19.1. The Labute approximate surface area is 198 Å². The number of nitrogens with one attached hydrogen (secondary N) is 2. The van der Waals surface area contributed by atoms with E-state index in [0.29, 0.717) is 16.7 Å². The average Bonchev–Trinajstić information content (AvgIpc) is 3.32. The van der Waals surface area contributed by atoms with Crippen molar-refractivity contribution in [1.82, 2.24) is 30.2 Å². The molecule has 0 saturated heterocycles. The molecule has 0 aliphatic rings. The number of carboxylic acids is 1. The van der Waals surface area contributed by atoms with Crippen molar-refractivity contribution in [3.05, 3.63) is 94.3 Å². The highest BCUT2D eigenvalue weighted by Gasteiger charge is 2.20. The third-order valence-corrected chi connectivity index (χ3v) is 5.40. The van der Waals surface area contributed by atoms with Crippen LogP contribution < -0.4 is 10.6 Å². The molecule has 0 spiro atoms. The van der Waals surface area contributed by atoms with E-state index in [-0.39, 0.29) is 35.1 Å². The largest absolute Gasteiger partial charge is 0.478 e. The molecule has 11 heteroatoms. The first-order valence-corrected chi connectivity index (χ1v) is 10.6. The predicted molar refractivity (Wildman–Crippen MR) is 122 cm³/mol. The molecular weight excluding hydrogens is 455 g/mol. The lowest BCUT2D eigenvalue weighted by Gasteiger charge is -2.15. The van der Waals surface area contributed by atoms with Gasteiger partial charge in [0, 0.05) is 12.6 Å². The number of fused-ring (bicyclic) bond motifs is 1. The van der Waals surface area contributed by atoms with Gasteiger partial charge in [-0.25, -0.2) is 14.2 Å². The van der Waals surface area contributed by atoms with Crippen molar-refractivity contribution in [2.45, 2.75) is 26.4 Å². The molecule has 0 bridgehead atoms. The normalized spacial score (nSPS) is 11.7. The van der Waals surface area contributed by atoms with Crippen molar-refractivity contribution in [2.24, 2.45) is 0 Å². The van der Waals surface area contributed by atoms with Gasteiger partial charge in [0.15, 0.2) is 0 Å². The number of aromatic nitrogens is 4. The average molecular weight is 476 g/mol. The number of carboxylic acid groups (broad SMARTS) is 1. The highest BCUT2D eigenvalue weighted by Crippen LogP contribution is 2.15. The van der Waals surface area contributed by atoms with Gasteiger partial charge in [-0.05, 0) is 48.7 Å². The number of hydrogen-bond donors (Lipinski definition) is 3. The summed E-state index contributed by atoms with van der Waals surface area (Å²) in [5.41, 5.74) is 2.01. The molecule has 2 heterocycles. The molecule has 0 fully saturated rings. The van der Waals surface area contributed by atoms with Crippen molar-refractivity contribution >= 4 is 23.6 Å². The zero-order valence-electron chi connectivity index (χ0n) is 18.8. The van der Waals surface area contributed by atoms with E-state index in [1.54, 1.807) is 38.1 Å². The van der Waals surface area contributed by atoms with Crippen LogP contribution in [0.5, 0.6) is 0 Å². The Hall–Kier alpha value is -4.67. The number of aromatic carboxylic acids is 1. The molecule has 2 aromatic heterocycles. The summed E-state index contributed by atoms with van der Waals surface area (Å²) in [6.07, 6.45) is 1.22. The Morgan fingerprint density at radius 3 is 2.51 bits per heavy atom. The fourth-order valence-corrected chi connectivity index (χ4v) is 3.45. The van der Waals surface area contributed by atoms with Crippen LogP contribution in [-0.2, 0) is 6.54 Å². The van der Waals surface area contributed by atoms with E-state index >= 15 is 0 Å². The van der Waals surface area contributed by atoms with E-state index in [0.717, 1.165) is 0 Å². The minimum absolute atomic E-state index is 0.0343. The van der Waals surface area contributed by atoms with Crippen molar-refractivity contribution in [1.29, 1.82) is 0 Å². The zero-order chi connectivity index (χ0) is 25.1. The quantitative estimate of drug-likeness (QED) is 0.373. The first kappa shape index (κ1) is 23.5. The number of benzene rings is 2. The number of amides is 2. The minimum Gasteiger partial charge on any atom is -0.478 e. The second kappa shape index (κ2) is 9.67. The molecule has 10 nitrogen and oxygen atoms in total. The summed E-state index contributed by atoms with van der Waals surface area (Å²) in [7, 11) is 0. The molecule has 0 aliphatic heterocycles. The summed E-state index contributed by atoms with van der Waals surface area (Å²) < 4.78 is 14.7. The van der Waals surface area contributed by atoms with Crippen LogP contribution in [0.3, 0.4) is 0 Å². The van der Waals surface area contributed by atoms with Gasteiger partial charge in [-0.3, -0.25) is 9.59 Å². The van der Waals surface area contributed by atoms with E-state index in [1.165, 1.54) is 35.1 Å². The summed E-state index contributed by atoms with van der Waals surface area (Å²) in [6, 6.07) is 11.5. The molecule has 4 rings (SSSR count). The van der Waals surface area contributed by atoms with Crippen molar-refractivity contribution in [2.75, 3.05) is 0 Å². The van der Waals surface area contributed by atoms with Crippen LogP contribution in [0.25, 0.3) is 5.78 Å². The van der Waals surface area contributed by atoms with Crippen LogP contribution in [0.4, 0.5) is 4.39 Å². The summed E-state index contributed by atoms with van der Waals surface area (Å²) in [4.78, 5) is 45.0. The van der Waals surface area contributed by atoms with Crippen LogP contribution in [0.2, 0.25) is 0 Å². The standard InChI is InChI=1S/C24H21FN6O4/c1-13-9-15(3-8-18(13)25)11-26-21(32)19-10-20(31-24(30-19)27-12-28-31)22(33)29-14(2)16-4-6-17(7-5-16)23(34)35/h3-10,12,14H,11H2,1-2H3,(H,26,32)(H,29,33)(H,34,35)/t14-/m0/s1. The summed E-state index contributed by atoms with van der Waals surface area (Å²) in [5.74, 6) is -2.37. The maximum Gasteiger partial charge on any atom is 0.335 e.